The molecule has 0 fully saturated rings. The van der Waals surface area contributed by atoms with E-state index in [2.05, 4.69) is 26.1 Å². The molecule has 2 aromatic heterocycles. The summed E-state index contributed by atoms with van der Waals surface area (Å²) in [7, 11) is 2.03. The van der Waals surface area contributed by atoms with Gasteiger partial charge in [0, 0.05) is 30.1 Å². The van der Waals surface area contributed by atoms with Gasteiger partial charge >= 0.3 is 0 Å². The predicted molar refractivity (Wildman–Crippen MR) is 95.0 cm³/mol. The van der Waals surface area contributed by atoms with Crippen LogP contribution in [0.5, 0.6) is 5.75 Å². The second kappa shape index (κ2) is 7.90. The van der Waals surface area contributed by atoms with Crippen LogP contribution in [0.4, 0.5) is 0 Å². The average Bonchev–Trinajstić information content (AvgIpc) is 3.14. The first-order valence-corrected chi connectivity index (χ1v) is 8.34. The lowest BCUT2D eigenvalue weighted by Gasteiger charge is -2.22. The normalized spacial score (nSPS) is 12.3. The van der Waals surface area contributed by atoms with Crippen LogP contribution in [0.25, 0.3) is 11.4 Å². The van der Waals surface area contributed by atoms with Crippen molar-refractivity contribution in [2.45, 2.75) is 26.4 Å². The second-order valence-electron chi connectivity index (χ2n) is 5.83. The van der Waals surface area contributed by atoms with Crippen molar-refractivity contribution in [1.82, 2.24) is 20.0 Å². The molecule has 6 heteroatoms. The Kier molecular flexibility index (Phi) is 5.40. The van der Waals surface area contributed by atoms with E-state index >= 15 is 0 Å². The molecule has 6 nitrogen and oxygen atoms in total. The zero-order chi connectivity index (χ0) is 17.6. The lowest BCUT2D eigenvalue weighted by Crippen LogP contribution is -2.22. The first kappa shape index (κ1) is 17.1. The van der Waals surface area contributed by atoms with Crippen LogP contribution in [0.2, 0.25) is 0 Å². The van der Waals surface area contributed by atoms with Gasteiger partial charge in [-0.25, -0.2) is 0 Å². The van der Waals surface area contributed by atoms with Gasteiger partial charge in [0.1, 0.15) is 5.75 Å². The first-order chi connectivity index (χ1) is 12.2. The molecule has 0 saturated carbocycles. The molecule has 0 unspecified atom stereocenters. The molecule has 0 aliphatic heterocycles. The Morgan fingerprint density at radius 2 is 2.04 bits per heavy atom. The molecule has 0 radical (unpaired) electrons. The fraction of sp³-hybridized carbons (Fsp3) is 0.316. The number of aromatic nitrogens is 3. The molecule has 0 N–H and O–H groups in total. The molecule has 0 amide bonds. The molecule has 3 aromatic rings. The molecular formula is C19H22N4O2. The minimum Gasteiger partial charge on any atom is -0.494 e. The Hall–Kier alpha value is -2.73. The van der Waals surface area contributed by atoms with Gasteiger partial charge in [0.25, 0.3) is 0 Å². The van der Waals surface area contributed by atoms with Crippen LogP contribution in [0.15, 0.2) is 53.3 Å². The molecular weight excluding hydrogens is 316 g/mol. The molecule has 0 aliphatic carbocycles. The number of ether oxygens (including phenoxy) is 1. The minimum absolute atomic E-state index is 0.0207. The highest BCUT2D eigenvalue weighted by molar-refractivity contribution is 5.51. The van der Waals surface area contributed by atoms with Gasteiger partial charge in [-0.15, -0.1) is 0 Å². The van der Waals surface area contributed by atoms with Gasteiger partial charge in [-0.1, -0.05) is 23.4 Å². The van der Waals surface area contributed by atoms with Gasteiger partial charge in [-0.2, -0.15) is 4.98 Å². The topological polar surface area (TPSA) is 64.3 Å². The molecule has 2 heterocycles. The van der Waals surface area contributed by atoms with Crippen molar-refractivity contribution in [3.05, 3.63) is 60.2 Å². The Labute approximate surface area is 147 Å². The molecule has 1 atom stereocenters. The van der Waals surface area contributed by atoms with E-state index in [0.29, 0.717) is 18.3 Å². The van der Waals surface area contributed by atoms with E-state index in [4.69, 9.17) is 9.26 Å². The summed E-state index contributed by atoms with van der Waals surface area (Å²) < 4.78 is 11.2. The first-order valence-electron chi connectivity index (χ1n) is 8.34. The van der Waals surface area contributed by atoms with Crippen LogP contribution in [0.1, 0.15) is 31.3 Å². The van der Waals surface area contributed by atoms with E-state index < -0.39 is 0 Å². The SMILES string of the molecule is CCOc1ccccc1CN(C)[C@@H](C)c1nc(-c2cccnc2)no1. The number of hydrogen-bond donors (Lipinski definition) is 0. The summed E-state index contributed by atoms with van der Waals surface area (Å²) in [5.41, 5.74) is 1.97. The molecule has 0 saturated heterocycles. The molecule has 130 valence electrons. The summed E-state index contributed by atoms with van der Waals surface area (Å²) in [6.45, 7) is 5.40. The van der Waals surface area contributed by atoms with E-state index in [9.17, 15) is 0 Å². The molecule has 0 bridgehead atoms. The maximum atomic E-state index is 5.70. The van der Waals surface area contributed by atoms with E-state index in [1.165, 1.54) is 0 Å². The number of nitrogens with zero attached hydrogens (tertiary/aromatic N) is 4. The van der Waals surface area contributed by atoms with Crippen LogP contribution < -0.4 is 4.74 Å². The molecule has 3 rings (SSSR count). The van der Waals surface area contributed by atoms with E-state index in [1.807, 2.05) is 51.2 Å². The summed E-state index contributed by atoms with van der Waals surface area (Å²) >= 11 is 0. The zero-order valence-corrected chi connectivity index (χ0v) is 14.7. The highest BCUT2D eigenvalue weighted by Crippen LogP contribution is 2.25. The third-order valence-corrected chi connectivity index (χ3v) is 4.07. The quantitative estimate of drug-likeness (QED) is 0.654. The lowest BCUT2D eigenvalue weighted by atomic mass is 10.1. The van der Waals surface area contributed by atoms with Crippen LogP contribution in [0.3, 0.4) is 0 Å². The maximum Gasteiger partial charge on any atom is 0.244 e. The number of hydrogen-bond acceptors (Lipinski definition) is 6. The summed E-state index contributed by atoms with van der Waals surface area (Å²) in [6, 6.07) is 11.8. The van der Waals surface area contributed by atoms with Gasteiger partial charge < -0.3 is 9.26 Å². The summed E-state index contributed by atoms with van der Waals surface area (Å²) in [6.07, 6.45) is 3.44. The van der Waals surface area contributed by atoms with E-state index in [0.717, 1.165) is 23.4 Å². The van der Waals surface area contributed by atoms with Crippen molar-refractivity contribution in [2.24, 2.45) is 0 Å². The van der Waals surface area contributed by atoms with E-state index in [1.54, 1.807) is 12.4 Å². The largest absolute Gasteiger partial charge is 0.494 e. The highest BCUT2D eigenvalue weighted by atomic mass is 16.5. The Balaban J connectivity index is 1.73. The van der Waals surface area contributed by atoms with E-state index in [-0.39, 0.29) is 6.04 Å². The number of para-hydroxylation sites is 1. The van der Waals surface area contributed by atoms with Gasteiger partial charge in [0.15, 0.2) is 0 Å². The zero-order valence-electron chi connectivity index (χ0n) is 14.7. The van der Waals surface area contributed by atoms with Gasteiger partial charge in [0.2, 0.25) is 11.7 Å². The minimum atomic E-state index is -0.0207. The second-order valence-corrected chi connectivity index (χ2v) is 5.83. The average molecular weight is 338 g/mol. The molecule has 25 heavy (non-hydrogen) atoms. The van der Waals surface area contributed by atoms with Crippen molar-refractivity contribution < 1.29 is 9.26 Å². The van der Waals surface area contributed by atoms with Crippen molar-refractivity contribution in [2.75, 3.05) is 13.7 Å². The number of rotatable bonds is 7. The summed E-state index contributed by atoms with van der Waals surface area (Å²) in [4.78, 5) is 10.7. The fourth-order valence-electron chi connectivity index (χ4n) is 2.54. The van der Waals surface area contributed by atoms with Crippen LogP contribution in [-0.2, 0) is 6.54 Å². The van der Waals surface area contributed by atoms with Crippen LogP contribution in [-0.4, -0.2) is 33.7 Å². The molecule has 0 spiro atoms. The van der Waals surface area contributed by atoms with Crippen molar-refractivity contribution in [3.8, 4) is 17.1 Å². The molecule has 0 aliphatic rings. The monoisotopic (exact) mass is 338 g/mol. The van der Waals surface area contributed by atoms with Crippen molar-refractivity contribution in [3.63, 3.8) is 0 Å². The third kappa shape index (κ3) is 4.03. The molecule has 1 aromatic carbocycles. The number of benzene rings is 1. The lowest BCUT2D eigenvalue weighted by molar-refractivity contribution is 0.199. The smallest absolute Gasteiger partial charge is 0.244 e. The third-order valence-electron chi connectivity index (χ3n) is 4.07. The van der Waals surface area contributed by atoms with Crippen LogP contribution >= 0.6 is 0 Å². The van der Waals surface area contributed by atoms with Gasteiger partial charge in [-0.05, 0) is 39.1 Å². The van der Waals surface area contributed by atoms with Crippen LogP contribution in [0, 0.1) is 0 Å². The fourth-order valence-corrected chi connectivity index (χ4v) is 2.54. The van der Waals surface area contributed by atoms with Crippen molar-refractivity contribution >= 4 is 0 Å². The maximum absolute atomic E-state index is 5.70. The Morgan fingerprint density at radius 1 is 1.20 bits per heavy atom. The predicted octanol–water partition coefficient (Wildman–Crippen LogP) is 3.72. The van der Waals surface area contributed by atoms with Crippen molar-refractivity contribution in [1.29, 1.82) is 0 Å². The summed E-state index contributed by atoms with van der Waals surface area (Å²) in [5.74, 6) is 2.04. The Bertz CT molecular complexity index is 804. The highest BCUT2D eigenvalue weighted by Gasteiger charge is 2.20. The standard InChI is InChI=1S/C19H22N4O2/c1-4-24-17-10-6-5-8-16(17)13-23(3)14(2)19-21-18(22-25-19)15-9-7-11-20-12-15/h5-12,14H,4,13H2,1-3H3/t14-/m0/s1. The van der Waals surface area contributed by atoms with Gasteiger partial charge in [0.05, 0.1) is 12.6 Å². The summed E-state index contributed by atoms with van der Waals surface area (Å²) in [5, 5.41) is 4.07. The number of pyridine rings is 1. The van der Waals surface area contributed by atoms with Gasteiger partial charge in [-0.3, -0.25) is 9.88 Å². The Morgan fingerprint density at radius 3 is 2.80 bits per heavy atom.